The molecule has 0 spiro atoms. The molecule has 108 valence electrons. The van der Waals surface area contributed by atoms with Gasteiger partial charge in [0.1, 0.15) is 6.61 Å². The maximum Gasteiger partial charge on any atom is 0.358 e. The van der Waals surface area contributed by atoms with E-state index < -0.39 is 10.9 Å². The number of aromatic nitrogens is 2. The number of carbonyl (C=O) groups is 1. The minimum absolute atomic E-state index is 0.0528. The molecule has 21 heavy (non-hydrogen) atoms. The number of non-ortho nitro benzene ring substituents is 1. The molecule has 8 nitrogen and oxygen atoms in total. The maximum absolute atomic E-state index is 11.7. The second kappa shape index (κ2) is 4.89. The molecule has 0 saturated heterocycles. The molecule has 0 saturated carbocycles. The highest BCUT2D eigenvalue weighted by Crippen LogP contribution is 2.33. The Bertz CT molecular complexity index is 737. The second-order valence-electron chi connectivity index (χ2n) is 4.33. The summed E-state index contributed by atoms with van der Waals surface area (Å²) in [6.45, 7) is 2.11. The van der Waals surface area contributed by atoms with Crippen molar-refractivity contribution in [3.63, 3.8) is 0 Å². The number of carbonyl (C=O) groups excluding carboxylic acids is 1. The average molecular weight is 289 g/mol. The Morgan fingerprint density at radius 2 is 2.38 bits per heavy atom. The van der Waals surface area contributed by atoms with Crippen LogP contribution in [0, 0.1) is 10.1 Å². The molecule has 3 rings (SSSR count). The summed E-state index contributed by atoms with van der Waals surface area (Å²) < 4.78 is 12.0. The highest BCUT2D eigenvalue weighted by molar-refractivity contribution is 5.87. The Morgan fingerprint density at radius 1 is 1.57 bits per heavy atom. The second-order valence-corrected chi connectivity index (χ2v) is 4.33. The summed E-state index contributed by atoms with van der Waals surface area (Å²) in [7, 11) is 0. The summed E-state index contributed by atoms with van der Waals surface area (Å²) in [6, 6.07) is 4.29. The molecule has 0 N–H and O–H groups in total. The molecule has 1 aliphatic rings. The van der Waals surface area contributed by atoms with Gasteiger partial charge in [0.25, 0.3) is 5.69 Å². The van der Waals surface area contributed by atoms with Gasteiger partial charge in [0.15, 0.2) is 17.3 Å². The molecule has 1 aliphatic heterocycles. The van der Waals surface area contributed by atoms with Gasteiger partial charge in [-0.1, -0.05) is 0 Å². The van der Waals surface area contributed by atoms with Crippen LogP contribution >= 0.6 is 0 Å². The summed E-state index contributed by atoms with van der Waals surface area (Å²) in [4.78, 5) is 26.1. The van der Waals surface area contributed by atoms with Crippen molar-refractivity contribution in [2.45, 2.75) is 13.5 Å². The van der Waals surface area contributed by atoms with Crippen LogP contribution in [0.25, 0.3) is 5.69 Å². The van der Waals surface area contributed by atoms with E-state index in [2.05, 4.69) is 4.98 Å². The number of hydrogen-bond donors (Lipinski definition) is 0. The number of rotatable bonds is 3. The van der Waals surface area contributed by atoms with Gasteiger partial charge in [0.05, 0.1) is 23.3 Å². The molecule has 1 aromatic carbocycles. The number of benzene rings is 1. The van der Waals surface area contributed by atoms with Gasteiger partial charge in [0.2, 0.25) is 0 Å². The van der Waals surface area contributed by atoms with Crippen LogP contribution in [0.15, 0.2) is 24.4 Å². The quantitative estimate of drug-likeness (QED) is 0.486. The largest absolute Gasteiger partial charge is 0.483 e. The van der Waals surface area contributed by atoms with E-state index in [0.29, 0.717) is 17.3 Å². The number of hydrogen-bond acceptors (Lipinski definition) is 6. The lowest BCUT2D eigenvalue weighted by Crippen LogP contribution is -2.12. The number of nitro groups is 1. The first-order valence-electron chi connectivity index (χ1n) is 6.27. The normalized spacial score (nSPS) is 12.0. The van der Waals surface area contributed by atoms with Crippen molar-refractivity contribution in [3.05, 3.63) is 46.0 Å². The van der Waals surface area contributed by atoms with Crippen LogP contribution in [0.3, 0.4) is 0 Å². The molecule has 0 unspecified atom stereocenters. The SMILES string of the molecule is CCOC(=O)c1cn2c(n1)COc1cc([N+](=O)[O-])ccc1-2. The molecule has 0 atom stereocenters. The van der Waals surface area contributed by atoms with Crippen molar-refractivity contribution in [2.24, 2.45) is 0 Å². The van der Waals surface area contributed by atoms with E-state index in [9.17, 15) is 14.9 Å². The molecule has 8 heteroatoms. The Labute approximate surface area is 119 Å². The zero-order chi connectivity index (χ0) is 15.0. The third-order valence-corrected chi connectivity index (χ3v) is 3.03. The van der Waals surface area contributed by atoms with Gasteiger partial charge < -0.3 is 9.47 Å². The zero-order valence-electron chi connectivity index (χ0n) is 11.1. The summed E-state index contributed by atoms with van der Waals surface area (Å²) in [5.41, 5.74) is 0.731. The Balaban J connectivity index is 2.02. The third kappa shape index (κ3) is 2.20. The molecule has 2 heterocycles. The van der Waals surface area contributed by atoms with Crippen molar-refractivity contribution < 1.29 is 19.2 Å². The fraction of sp³-hybridized carbons (Fsp3) is 0.231. The van der Waals surface area contributed by atoms with Crippen LogP contribution in [0.4, 0.5) is 5.69 Å². The van der Waals surface area contributed by atoms with Gasteiger partial charge in [-0.2, -0.15) is 0 Å². The van der Waals surface area contributed by atoms with E-state index in [-0.39, 0.29) is 24.6 Å². The standard InChI is InChI=1S/C13H11N3O5/c1-2-20-13(17)9-6-15-10-4-3-8(16(18)19)5-11(10)21-7-12(15)14-9/h3-6H,2,7H2,1H3. The van der Waals surface area contributed by atoms with Crippen LogP contribution in [-0.4, -0.2) is 27.1 Å². The van der Waals surface area contributed by atoms with E-state index in [1.807, 2.05) is 0 Å². The third-order valence-electron chi connectivity index (χ3n) is 3.03. The average Bonchev–Trinajstić information content (AvgIpc) is 2.91. The number of imidazole rings is 1. The minimum Gasteiger partial charge on any atom is -0.483 e. The molecule has 0 radical (unpaired) electrons. The molecule has 0 amide bonds. The Morgan fingerprint density at radius 3 is 3.10 bits per heavy atom. The van der Waals surface area contributed by atoms with Crippen molar-refractivity contribution >= 4 is 11.7 Å². The molecule has 0 fully saturated rings. The van der Waals surface area contributed by atoms with E-state index >= 15 is 0 Å². The van der Waals surface area contributed by atoms with Gasteiger partial charge in [0, 0.05) is 12.3 Å². The summed E-state index contributed by atoms with van der Waals surface area (Å²) in [5, 5.41) is 10.8. The van der Waals surface area contributed by atoms with E-state index in [1.165, 1.54) is 12.1 Å². The first-order valence-corrected chi connectivity index (χ1v) is 6.27. The summed E-state index contributed by atoms with van der Waals surface area (Å²) in [6.07, 6.45) is 1.54. The molecule has 1 aromatic heterocycles. The lowest BCUT2D eigenvalue weighted by Gasteiger charge is -2.18. The van der Waals surface area contributed by atoms with Gasteiger partial charge in [-0.25, -0.2) is 9.78 Å². The van der Waals surface area contributed by atoms with Crippen molar-refractivity contribution in [1.29, 1.82) is 0 Å². The fourth-order valence-corrected chi connectivity index (χ4v) is 2.11. The monoisotopic (exact) mass is 289 g/mol. The lowest BCUT2D eigenvalue weighted by atomic mass is 10.2. The molecular weight excluding hydrogens is 278 g/mol. The first kappa shape index (κ1) is 13.1. The number of esters is 1. The minimum atomic E-state index is -0.511. The van der Waals surface area contributed by atoms with Crippen molar-refractivity contribution in [2.75, 3.05) is 6.61 Å². The molecule has 2 aromatic rings. The summed E-state index contributed by atoms with van der Waals surface area (Å²) in [5.74, 6) is 0.409. The summed E-state index contributed by atoms with van der Waals surface area (Å²) >= 11 is 0. The van der Waals surface area contributed by atoms with Crippen LogP contribution in [0.5, 0.6) is 5.75 Å². The predicted molar refractivity (Wildman–Crippen MR) is 70.5 cm³/mol. The lowest BCUT2D eigenvalue weighted by molar-refractivity contribution is -0.384. The number of ether oxygens (including phenoxy) is 2. The van der Waals surface area contributed by atoms with E-state index in [1.54, 1.807) is 23.8 Å². The van der Waals surface area contributed by atoms with Gasteiger partial charge in [-0.15, -0.1) is 0 Å². The van der Waals surface area contributed by atoms with Crippen molar-refractivity contribution in [3.8, 4) is 11.4 Å². The first-order chi connectivity index (χ1) is 10.1. The van der Waals surface area contributed by atoms with Crippen molar-refractivity contribution in [1.82, 2.24) is 9.55 Å². The topological polar surface area (TPSA) is 96.5 Å². The Kier molecular flexibility index (Phi) is 3.05. The van der Waals surface area contributed by atoms with Gasteiger partial charge in [-0.3, -0.25) is 14.7 Å². The highest BCUT2D eigenvalue weighted by atomic mass is 16.6. The van der Waals surface area contributed by atoms with E-state index in [4.69, 9.17) is 9.47 Å². The van der Waals surface area contributed by atoms with Crippen LogP contribution in [0.1, 0.15) is 23.2 Å². The highest BCUT2D eigenvalue weighted by Gasteiger charge is 2.24. The van der Waals surface area contributed by atoms with Crippen LogP contribution in [-0.2, 0) is 11.3 Å². The zero-order valence-corrected chi connectivity index (χ0v) is 11.1. The number of fused-ring (bicyclic) bond motifs is 3. The van der Waals surface area contributed by atoms with Crippen LogP contribution in [0.2, 0.25) is 0 Å². The molecular formula is C13H11N3O5. The Hall–Kier alpha value is -2.90. The number of nitrogens with zero attached hydrogens (tertiary/aromatic N) is 3. The molecule has 0 bridgehead atoms. The van der Waals surface area contributed by atoms with Gasteiger partial charge in [-0.05, 0) is 13.0 Å². The predicted octanol–water partition coefficient (Wildman–Crippen LogP) is 1.85. The molecule has 0 aliphatic carbocycles. The van der Waals surface area contributed by atoms with Gasteiger partial charge >= 0.3 is 5.97 Å². The fourth-order valence-electron chi connectivity index (χ4n) is 2.11. The smallest absolute Gasteiger partial charge is 0.358 e. The maximum atomic E-state index is 11.7. The van der Waals surface area contributed by atoms with E-state index in [0.717, 1.165) is 0 Å². The van der Waals surface area contributed by atoms with Crippen LogP contribution < -0.4 is 4.74 Å². The number of nitro benzene ring substituents is 1.